The Bertz CT molecular complexity index is 671. The van der Waals surface area contributed by atoms with Crippen LogP contribution in [-0.2, 0) is 4.79 Å². The highest BCUT2D eigenvalue weighted by Crippen LogP contribution is 2.17. The highest BCUT2D eigenvalue weighted by atomic mass is 16.5. The van der Waals surface area contributed by atoms with Gasteiger partial charge in [0.15, 0.2) is 6.10 Å². The fraction of sp³-hybridized carbons (Fsp3) is 0.222. The predicted octanol–water partition coefficient (Wildman–Crippen LogP) is 2.84. The molecule has 0 saturated carbocycles. The molecule has 0 fully saturated rings. The van der Waals surface area contributed by atoms with Crippen LogP contribution in [0.5, 0.6) is 5.75 Å². The van der Waals surface area contributed by atoms with Crippen molar-refractivity contribution in [3.05, 3.63) is 60.2 Å². The maximum atomic E-state index is 12.4. The number of nitrogens with one attached hydrogen (secondary N) is 2. The van der Waals surface area contributed by atoms with Crippen molar-refractivity contribution in [2.24, 2.45) is 0 Å². The van der Waals surface area contributed by atoms with E-state index in [1.54, 1.807) is 43.4 Å². The summed E-state index contributed by atoms with van der Waals surface area (Å²) in [6.07, 6.45) is -0.113. The molecule has 120 valence electrons. The van der Waals surface area contributed by atoms with E-state index >= 15 is 0 Å². The lowest BCUT2D eigenvalue weighted by atomic mass is 10.1. The second-order valence-corrected chi connectivity index (χ2v) is 4.94. The fourth-order valence-corrected chi connectivity index (χ4v) is 2.12. The largest absolute Gasteiger partial charge is 0.481 e. The fourth-order valence-electron chi connectivity index (χ4n) is 2.12. The van der Waals surface area contributed by atoms with Crippen molar-refractivity contribution < 1.29 is 14.3 Å². The topological polar surface area (TPSA) is 67.4 Å². The third kappa shape index (κ3) is 4.32. The van der Waals surface area contributed by atoms with Crippen molar-refractivity contribution in [1.82, 2.24) is 5.32 Å². The van der Waals surface area contributed by atoms with Crippen LogP contribution in [0.3, 0.4) is 0 Å². The van der Waals surface area contributed by atoms with Gasteiger partial charge in [0.25, 0.3) is 11.8 Å². The third-order valence-electron chi connectivity index (χ3n) is 3.34. The van der Waals surface area contributed by atoms with Gasteiger partial charge in [0, 0.05) is 7.05 Å². The number of anilines is 1. The van der Waals surface area contributed by atoms with Crippen LogP contribution in [0.4, 0.5) is 5.69 Å². The van der Waals surface area contributed by atoms with Crippen LogP contribution in [-0.4, -0.2) is 25.0 Å². The Kier molecular flexibility index (Phi) is 5.74. The SMILES string of the molecule is CCC(Oc1ccccc1)C(=O)Nc1ccccc1C(=O)NC. The molecule has 2 N–H and O–H groups in total. The molecule has 2 aromatic rings. The van der Waals surface area contributed by atoms with Gasteiger partial charge in [-0.3, -0.25) is 9.59 Å². The first-order valence-electron chi connectivity index (χ1n) is 7.49. The van der Waals surface area contributed by atoms with E-state index in [2.05, 4.69) is 10.6 Å². The summed E-state index contributed by atoms with van der Waals surface area (Å²) in [5.41, 5.74) is 0.880. The van der Waals surface area contributed by atoms with Crippen molar-refractivity contribution in [2.75, 3.05) is 12.4 Å². The van der Waals surface area contributed by atoms with Crippen LogP contribution in [0.15, 0.2) is 54.6 Å². The molecule has 2 amide bonds. The Hall–Kier alpha value is -2.82. The quantitative estimate of drug-likeness (QED) is 0.862. The number of carbonyl (C=O) groups excluding carboxylic acids is 2. The van der Waals surface area contributed by atoms with E-state index in [0.717, 1.165) is 0 Å². The van der Waals surface area contributed by atoms with E-state index in [-0.39, 0.29) is 11.8 Å². The number of carbonyl (C=O) groups is 2. The lowest BCUT2D eigenvalue weighted by molar-refractivity contribution is -0.122. The van der Waals surface area contributed by atoms with Gasteiger partial charge in [-0.2, -0.15) is 0 Å². The Labute approximate surface area is 135 Å². The average Bonchev–Trinajstić information content (AvgIpc) is 2.60. The molecule has 0 spiro atoms. The molecular weight excluding hydrogens is 292 g/mol. The van der Waals surface area contributed by atoms with E-state index in [9.17, 15) is 9.59 Å². The first-order valence-corrected chi connectivity index (χ1v) is 7.49. The maximum absolute atomic E-state index is 12.4. The van der Waals surface area contributed by atoms with Gasteiger partial charge in [-0.15, -0.1) is 0 Å². The van der Waals surface area contributed by atoms with Gasteiger partial charge >= 0.3 is 0 Å². The molecule has 23 heavy (non-hydrogen) atoms. The van der Waals surface area contributed by atoms with E-state index < -0.39 is 6.10 Å². The molecule has 2 rings (SSSR count). The van der Waals surface area contributed by atoms with E-state index in [0.29, 0.717) is 23.4 Å². The molecule has 1 atom stereocenters. The van der Waals surface area contributed by atoms with Crippen LogP contribution in [0, 0.1) is 0 Å². The van der Waals surface area contributed by atoms with Crippen molar-refractivity contribution >= 4 is 17.5 Å². The molecule has 2 aromatic carbocycles. The van der Waals surface area contributed by atoms with Crippen molar-refractivity contribution in [3.8, 4) is 5.75 Å². The van der Waals surface area contributed by atoms with Crippen molar-refractivity contribution in [2.45, 2.75) is 19.4 Å². The van der Waals surface area contributed by atoms with Gasteiger partial charge in [0.1, 0.15) is 5.75 Å². The lowest BCUT2D eigenvalue weighted by Crippen LogP contribution is -2.33. The van der Waals surface area contributed by atoms with E-state index in [1.807, 2.05) is 25.1 Å². The molecule has 1 unspecified atom stereocenters. The van der Waals surface area contributed by atoms with Crippen LogP contribution >= 0.6 is 0 Å². The highest BCUT2D eigenvalue weighted by molar-refractivity contribution is 6.04. The summed E-state index contributed by atoms with van der Waals surface area (Å²) in [5.74, 6) is 0.0970. The molecule has 0 aromatic heterocycles. The molecule has 0 bridgehead atoms. The second-order valence-electron chi connectivity index (χ2n) is 4.94. The second kappa shape index (κ2) is 7.98. The van der Waals surface area contributed by atoms with Crippen LogP contribution < -0.4 is 15.4 Å². The minimum Gasteiger partial charge on any atom is -0.481 e. The van der Waals surface area contributed by atoms with Crippen molar-refractivity contribution in [1.29, 1.82) is 0 Å². The van der Waals surface area contributed by atoms with E-state index in [1.165, 1.54) is 0 Å². The van der Waals surface area contributed by atoms with Crippen LogP contribution in [0.1, 0.15) is 23.7 Å². The Morgan fingerprint density at radius 3 is 2.35 bits per heavy atom. The number of para-hydroxylation sites is 2. The summed E-state index contributed by atoms with van der Waals surface area (Å²) >= 11 is 0. The number of amides is 2. The number of hydrogen-bond acceptors (Lipinski definition) is 3. The zero-order valence-corrected chi connectivity index (χ0v) is 13.2. The molecule has 0 heterocycles. The normalized spacial score (nSPS) is 11.4. The standard InChI is InChI=1S/C18H20N2O3/c1-3-16(23-13-9-5-4-6-10-13)18(22)20-15-12-8-7-11-14(15)17(21)19-2/h4-12,16H,3H2,1-2H3,(H,19,21)(H,20,22). The molecule has 0 aliphatic carbocycles. The molecule has 0 radical (unpaired) electrons. The molecule has 5 nitrogen and oxygen atoms in total. The van der Waals surface area contributed by atoms with Crippen LogP contribution in [0.2, 0.25) is 0 Å². The third-order valence-corrected chi connectivity index (χ3v) is 3.34. The van der Waals surface area contributed by atoms with Gasteiger partial charge in [0.05, 0.1) is 11.3 Å². The Morgan fingerprint density at radius 2 is 1.70 bits per heavy atom. The zero-order chi connectivity index (χ0) is 16.7. The highest BCUT2D eigenvalue weighted by Gasteiger charge is 2.20. The summed E-state index contributed by atoms with van der Waals surface area (Å²) in [5, 5.41) is 5.33. The molecular formula is C18H20N2O3. The van der Waals surface area contributed by atoms with Gasteiger partial charge in [-0.1, -0.05) is 37.3 Å². The Balaban J connectivity index is 2.12. The minimum absolute atomic E-state index is 0.252. The number of hydrogen-bond donors (Lipinski definition) is 2. The summed E-state index contributed by atoms with van der Waals surface area (Å²) < 4.78 is 5.71. The number of benzene rings is 2. The molecule has 0 saturated heterocycles. The van der Waals surface area contributed by atoms with Gasteiger partial charge < -0.3 is 15.4 Å². The van der Waals surface area contributed by atoms with Crippen LogP contribution in [0.25, 0.3) is 0 Å². The monoisotopic (exact) mass is 312 g/mol. The predicted molar refractivity (Wildman–Crippen MR) is 89.6 cm³/mol. The minimum atomic E-state index is -0.629. The molecule has 0 aliphatic rings. The van der Waals surface area contributed by atoms with Gasteiger partial charge in [-0.25, -0.2) is 0 Å². The number of rotatable bonds is 6. The zero-order valence-electron chi connectivity index (χ0n) is 13.2. The Morgan fingerprint density at radius 1 is 1.04 bits per heavy atom. The summed E-state index contributed by atoms with van der Waals surface area (Å²) in [6, 6.07) is 16.0. The average molecular weight is 312 g/mol. The summed E-state index contributed by atoms with van der Waals surface area (Å²) in [4.78, 5) is 24.3. The lowest BCUT2D eigenvalue weighted by Gasteiger charge is -2.18. The van der Waals surface area contributed by atoms with E-state index in [4.69, 9.17) is 4.74 Å². The number of ether oxygens (including phenoxy) is 1. The van der Waals surface area contributed by atoms with Gasteiger partial charge in [-0.05, 0) is 30.7 Å². The van der Waals surface area contributed by atoms with Crippen molar-refractivity contribution in [3.63, 3.8) is 0 Å². The first-order chi connectivity index (χ1) is 11.2. The maximum Gasteiger partial charge on any atom is 0.265 e. The molecule has 5 heteroatoms. The summed E-state index contributed by atoms with van der Waals surface area (Å²) in [7, 11) is 1.55. The molecule has 0 aliphatic heterocycles. The summed E-state index contributed by atoms with van der Waals surface area (Å²) in [6.45, 7) is 1.87. The first kappa shape index (κ1) is 16.5. The smallest absolute Gasteiger partial charge is 0.265 e. The van der Waals surface area contributed by atoms with Gasteiger partial charge in [0.2, 0.25) is 0 Å².